The molecule has 4 unspecified atom stereocenters. The van der Waals surface area contributed by atoms with Crippen molar-refractivity contribution in [3.8, 4) is 0 Å². The number of amides is 1. The highest BCUT2D eigenvalue weighted by molar-refractivity contribution is 5.91. The van der Waals surface area contributed by atoms with Crippen LogP contribution in [0.15, 0.2) is 5.10 Å². The summed E-state index contributed by atoms with van der Waals surface area (Å²) < 4.78 is 4.52. The van der Waals surface area contributed by atoms with Crippen LogP contribution in [-0.4, -0.2) is 18.9 Å². The van der Waals surface area contributed by atoms with Gasteiger partial charge in [0.15, 0.2) is 0 Å². The number of fused-ring (bicyclic) bond motifs is 5. The van der Waals surface area contributed by atoms with Gasteiger partial charge in [-0.1, -0.05) is 6.42 Å². The van der Waals surface area contributed by atoms with Gasteiger partial charge < -0.3 is 4.74 Å². The molecule has 4 atom stereocenters. The molecule has 0 aromatic carbocycles. The van der Waals surface area contributed by atoms with Gasteiger partial charge in [-0.05, 0) is 43.4 Å². The maximum Gasteiger partial charge on any atom is 0.427 e. The summed E-state index contributed by atoms with van der Waals surface area (Å²) in [5, 5.41) is 4.23. The minimum Gasteiger partial charge on any atom is -0.452 e. The molecule has 3 saturated carbocycles. The van der Waals surface area contributed by atoms with E-state index in [4.69, 9.17) is 0 Å². The molecule has 1 N–H and O–H groups in total. The lowest BCUT2D eigenvalue weighted by Crippen LogP contribution is -2.27. The van der Waals surface area contributed by atoms with E-state index < -0.39 is 6.09 Å². The van der Waals surface area contributed by atoms with E-state index in [2.05, 4.69) is 15.3 Å². The number of rotatable bonds is 1. The van der Waals surface area contributed by atoms with Gasteiger partial charge in [-0.25, -0.2) is 10.2 Å². The van der Waals surface area contributed by atoms with Gasteiger partial charge in [-0.3, -0.25) is 0 Å². The fourth-order valence-electron chi connectivity index (χ4n) is 4.11. The Morgan fingerprint density at radius 1 is 1.44 bits per heavy atom. The van der Waals surface area contributed by atoms with Crippen LogP contribution in [0.4, 0.5) is 4.79 Å². The van der Waals surface area contributed by atoms with E-state index in [9.17, 15) is 4.79 Å². The molecule has 0 aromatic rings. The molecule has 88 valence electrons. The van der Waals surface area contributed by atoms with Gasteiger partial charge in [0.2, 0.25) is 0 Å². The zero-order chi connectivity index (χ0) is 11.1. The summed E-state index contributed by atoms with van der Waals surface area (Å²) in [6.07, 6.45) is 6.11. The lowest BCUT2D eigenvalue weighted by Gasteiger charge is -2.25. The summed E-state index contributed by atoms with van der Waals surface area (Å²) in [5.74, 6) is 3.31. The molecule has 0 saturated heterocycles. The van der Waals surface area contributed by atoms with Crippen LogP contribution in [0.25, 0.3) is 0 Å². The Kier molecular flexibility index (Phi) is 2.37. The molecule has 0 spiro atoms. The van der Waals surface area contributed by atoms with Crippen LogP contribution in [-0.2, 0) is 4.74 Å². The Morgan fingerprint density at radius 2 is 2.25 bits per heavy atom. The number of nitrogens with one attached hydrogen (secondary N) is 1. The molecule has 1 amide bonds. The molecule has 0 heterocycles. The number of methoxy groups -OCH3 is 1. The molecule has 3 rings (SSSR count). The van der Waals surface area contributed by atoms with Gasteiger partial charge in [0, 0.05) is 11.6 Å². The van der Waals surface area contributed by atoms with Crippen molar-refractivity contribution in [2.24, 2.45) is 28.8 Å². The molecular weight excluding hydrogens is 204 g/mol. The number of hydrogen-bond acceptors (Lipinski definition) is 3. The van der Waals surface area contributed by atoms with Crippen LogP contribution >= 0.6 is 0 Å². The second-order valence-corrected chi connectivity index (χ2v) is 5.27. The van der Waals surface area contributed by atoms with Crippen LogP contribution in [0, 0.1) is 23.7 Å². The third kappa shape index (κ3) is 1.43. The number of carbonyl (C=O) groups is 1. The second-order valence-electron chi connectivity index (χ2n) is 5.27. The molecule has 16 heavy (non-hydrogen) atoms. The van der Waals surface area contributed by atoms with E-state index in [1.165, 1.54) is 38.5 Å². The number of ether oxygens (including phenoxy) is 1. The largest absolute Gasteiger partial charge is 0.452 e. The first-order chi connectivity index (χ1) is 7.79. The predicted octanol–water partition coefficient (Wildman–Crippen LogP) is 2.15. The summed E-state index contributed by atoms with van der Waals surface area (Å²) in [6.45, 7) is 0. The van der Waals surface area contributed by atoms with Crippen LogP contribution < -0.4 is 5.43 Å². The lowest BCUT2D eigenvalue weighted by atomic mass is 9.81. The van der Waals surface area contributed by atoms with E-state index in [1.54, 1.807) is 0 Å². The van der Waals surface area contributed by atoms with E-state index in [0.29, 0.717) is 5.92 Å². The number of hydrogen-bond donors (Lipinski definition) is 1. The molecular formula is C12H18N2O2. The highest BCUT2D eigenvalue weighted by Gasteiger charge is 2.52. The van der Waals surface area contributed by atoms with Crippen LogP contribution in [0.5, 0.6) is 0 Å². The second kappa shape index (κ2) is 3.75. The third-order valence-corrected chi connectivity index (χ3v) is 4.68. The van der Waals surface area contributed by atoms with Crippen molar-refractivity contribution >= 4 is 11.8 Å². The summed E-state index contributed by atoms with van der Waals surface area (Å²) in [4.78, 5) is 11.0. The first-order valence-corrected chi connectivity index (χ1v) is 6.20. The lowest BCUT2D eigenvalue weighted by molar-refractivity contribution is 0.171. The average Bonchev–Trinajstić information content (AvgIpc) is 2.96. The molecule has 2 bridgehead atoms. The van der Waals surface area contributed by atoms with Crippen LogP contribution in [0.1, 0.15) is 32.1 Å². The van der Waals surface area contributed by atoms with E-state index in [-0.39, 0.29) is 0 Å². The van der Waals surface area contributed by atoms with Crippen molar-refractivity contribution in [2.45, 2.75) is 32.1 Å². The van der Waals surface area contributed by atoms with E-state index in [1.807, 2.05) is 0 Å². The van der Waals surface area contributed by atoms with Crippen LogP contribution in [0.3, 0.4) is 0 Å². The molecule has 3 aliphatic rings. The maximum atomic E-state index is 11.0. The van der Waals surface area contributed by atoms with Gasteiger partial charge in [-0.2, -0.15) is 5.10 Å². The quantitative estimate of drug-likeness (QED) is 0.691. The molecule has 4 nitrogen and oxygen atoms in total. The molecule has 0 radical (unpaired) electrons. The predicted molar refractivity (Wildman–Crippen MR) is 60.0 cm³/mol. The minimum atomic E-state index is -0.460. The third-order valence-electron chi connectivity index (χ3n) is 4.68. The zero-order valence-corrected chi connectivity index (χ0v) is 9.61. The average molecular weight is 222 g/mol. The fraction of sp³-hybridized carbons (Fsp3) is 0.833. The van der Waals surface area contributed by atoms with Gasteiger partial charge in [0.05, 0.1) is 7.11 Å². The highest BCUT2D eigenvalue weighted by Crippen LogP contribution is 2.57. The van der Waals surface area contributed by atoms with Crippen molar-refractivity contribution < 1.29 is 9.53 Å². The summed E-state index contributed by atoms with van der Waals surface area (Å²) >= 11 is 0. The highest BCUT2D eigenvalue weighted by atomic mass is 16.5. The fourth-order valence-corrected chi connectivity index (χ4v) is 4.11. The Hall–Kier alpha value is -1.06. The van der Waals surface area contributed by atoms with Gasteiger partial charge in [-0.15, -0.1) is 0 Å². The summed E-state index contributed by atoms with van der Waals surface area (Å²) in [6, 6.07) is 0. The number of nitrogens with zero attached hydrogens (tertiary/aromatic N) is 1. The SMILES string of the molecule is COC(=O)NN=C1CC2CC1C1CCCC21. The first-order valence-electron chi connectivity index (χ1n) is 6.20. The van der Waals surface area contributed by atoms with E-state index in [0.717, 1.165) is 24.2 Å². The zero-order valence-electron chi connectivity index (χ0n) is 9.61. The Labute approximate surface area is 95.4 Å². The van der Waals surface area contributed by atoms with E-state index >= 15 is 0 Å². The van der Waals surface area contributed by atoms with Crippen molar-refractivity contribution in [1.29, 1.82) is 0 Å². The maximum absolute atomic E-state index is 11.0. The van der Waals surface area contributed by atoms with Crippen LogP contribution in [0.2, 0.25) is 0 Å². The number of carbonyl (C=O) groups excluding carboxylic acids is 1. The normalized spacial score (nSPS) is 42.4. The van der Waals surface area contributed by atoms with Crippen molar-refractivity contribution in [1.82, 2.24) is 5.43 Å². The molecule has 3 fully saturated rings. The topological polar surface area (TPSA) is 50.7 Å². The smallest absolute Gasteiger partial charge is 0.427 e. The molecule has 4 heteroatoms. The van der Waals surface area contributed by atoms with Crippen molar-refractivity contribution in [3.63, 3.8) is 0 Å². The Bertz CT molecular complexity index is 340. The molecule has 0 aromatic heterocycles. The van der Waals surface area contributed by atoms with Gasteiger partial charge in [0.25, 0.3) is 0 Å². The van der Waals surface area contributed by atoms with Gasteiger partial charge >= 0.3 is 6.09 Å². The molecule has 3 aliphatic carbocycles. The van der Waals surface area contributed by atoms with Gasteiger partial charge in [0.1, 0.15) is 0 Å². The first kappa shape index (κ1) is 10.1. The minimum absolute atomic E-state index is 0.460. The summed E-state index contributed by atoms with van der Waals surface area (Å²) in [7, 11) is 1.36. The number of hydrazone groups is 1. The summed E-state index contributed by atoms with van der Waals surface area (Å²) in [5.41, 5.74) is 3.67. The van der Waals surface area contributed by atoms with Crippen molar-refractivity contribution in [3.05, 3.63) is 0 Å². The Morgan fingerprint density at radius 3 is 3.06 bits per heavy atom. The standard InChI is InChI=1S/C12H18N2O2/c1-16-12(15)14-13-11-6-7-5-10(11)9-4-2-3-8(7)9/h7-10H,2-6H2,1H3,(H,14,15). The Balaban J connectivity index is 1.69. The van der Waals surface area contributed by atoms with Crippen molar-refractivity contribution in [2.75, 3.05) is 7.11 Å². The monoisotopic (exact) mass is 222 g/mol. The molecule has 0 aliphatic heterocycles.